The van der Waals surface area contributed by atoms with E-state index in [1.165, 1.54) is 21.8 Å². The molecule has 0 saturated carbocycles. The third kappa shape index (κ3) is 3.79. The first-order valence-electron chi connectivity index (χ1n) is 8.27. The van der Waals surface area contributed by atoms with Gasteiger partial charge in [0.1, 0.15) is 6.61 Å². The van der Waals surface area contributed by atoms with Gasteiger partial charge in [0.05, 0.1) is 11.6 Å². The van der Waals surface area contributed by atoms with Crippen molar-refractivity contribution in [2.24, 2.45) is 5.92 Å². The van der Waals surface area contributed by atoms with Gasteiger partial charge in [0.2, 0.25) is 0 Å². The topological polar surface area (TPSA) is 60.7 Å². The maximum Gasteiger partial charge on any atom is 0.314 e. The molecule has 3 aromatic rings. The maximum absolute atomic E-state index is 12.7. The number of benzene rings is 1. The second-order valence-electron chi connectivity index (χ2n) is 6.02. The Bertz CT molecular complexity index is 917. The molecular weight excluding hydrogens is 336 g/mol. The number of carbonyl (C=O) groups is 1. The molecule has 0 unspecified atom stereocenters. The summed E-state index contributed by atoms with van der Waals surface area (Å²) in [6.07, 6.45) is 2.55. The smallest absolute Gasteiger partial charge is 0.314 e. The SMILES string of the molecule is CC[C@@H](C)[C@@H](C(=O)OCc1cc(=O)n2ccsc2n1)c1ccccc1. The van der Waals surface area contributed by atoms with Crippen LogP contribution >= 0.6 is 11.3 Å². The highest BCUT2D eigenvalue weighted by Crippen LogP contribution is 2.28. The van der Waals surface area contributed by atoms with Crippen molar-refractivity contribution < 1.29 is 9.53 Å². The first-order valence-corrected chi connectivity index (χ1v) is 9.15. The number of hydrogen-bond donors (Lipinski definition) is 0. The highest BCUT2D eigenvalue weighted by atomic mass is 32.1. The molecule has 0 aliphatic heterocycles. The Balaban J connectivity index is 1.77. The molecule has 2 heterocycles. The molecule has 3 rings (SSSR count). The Morgan fingerprint density at radius 1 is 1.32 bits per heavy atom. The van der Waals surface area contributed by atoms with Gasteiger partial charge in [-0.3, -0.25) is 14.0 Å². The standard InChI is InChI=1S/C19H20N2O3S/c1-3-13(2)17(14-7-5-4-6-8-14)18(23)24-12-15-11-16(22)21-9-10-25-19(21)20-15/h4-11,13,17H,3,12H2,1-2H3/t13-,17-/m1/s1. The van der Waals surface area contributed by atoms with E-state index < -0.39 is 0 Å². The van der Waals surface area contributed by atoms with E-state index in [2.05, 4.69) is 11.9 Å². The number of rotatable bonds is 6. The highest BCUT2D eigenvalue weighted by molar-refractivity contribution is 7.15. The summed E-state index contributed by atoms with van der Waals surface area (Å²) in [5.74, 6) is -0.445. The van der Waals surface area contributed by atoms with Crippen molar-refractivity contribution in [1.82, 2.24) is 9.38 Å². The second-order valence-corrected chi connectivity index (χ2v) is 6.90. The minimum absolute atomic E-state index is 0.00222. The van der Waals surface area contributed by atoms with Crippen molar-refractivity contribution in [3.05, 3.63) is 69.6 Å². The lowest BCUT2D eigenvalue weighted by molar-refractivity contribution is -0.148. The van der Waals surface area contributed by atoms with Gasteiger partial charge >= 0.3 is 5.97 Å². The third-order valence-electron chi connectivity index (χ3n) is 4.34. The van der Waals surface area contributed by atoms with Crippen LogP contribution in [0.15, 0.2) is 52.8 Å². The Morgan fingerprint density at radius 2 is 2.08 bits per heavy atom. The van der Waals surface area contributed by atoms with Crippen LogP contribution in [-0.2, 0) is 16.1 Å². The van der Waals surface area contributed by atoms with Crippen LogP contribution < -0.4 is 5.56 Å². The van der Waals surface area contributed by atoms with Gasteiger partial charge in [0.15, 0.2) is 4.96 Å². The normalized spacial score (nSPS) is 13.5. The average Bonchev–Trinajstić information content (AvgIpc) is 3.10. The van der Waals surface area contributed by atoms with E-state index in [1.807, 2.05) is 37.3 Å². The summed E-state index contributed by atoms with van der Waals surface area (Å²) >= 11 is 1.37. The molecule has 2 aromatic heterocycles. The number of carbonyl (C=O) groups excluding carboxylic acids is 1. The van der Waals surface area contributed by atoms with Gasteiger partial charge in [-0.1, -0.05) is 50.6 Å². The van der Waals surface area contributed by atoms with Crippen molar-refractivity contribution >= 4 is 22.3 Å². The summed E-state index contributed by atoms with van der Waals surface area (Å²) in [6.45, 7) is 4.10. The van der Waals surface area contributed by atoms with Crippen LogP contribution in [0.4, 0.5) is 0 Å². The minimum Gasteiger partial charge on any atom is -0.459 e. The molecule has 0 N–H and O–H groups in total. The minimum atomic E-state index is -0.322. The van der Waals surface area contributed by atoms with Crippen LogP contribution in [0.5, 0.6) is 0 Å². The number of nitrogens with zero attached hydrogens (tertiary/aromatic N) is 2. The van der Waals surface area contributed by atoms with E-state index in [1.54, 1.807) is 11.6 Å². The lowest BCUT2D eigenvalue weighted by Crippen LogP contribution is -2.23. The number of hydrogen-bond acceptors (Lipinski definition) is 5. The molecule has 2 atom stereocenters. The molecule has 1 aromatic carbocycles. The van der Waals surface area contributed by atoms with Crippen LogP contribution in [0.1, 0.15) is 37.4 Å². The Labute approximate surface area is 149 Å². The molecule has 0 aliphatic carbocycles. The van der Waals surface area contributed by atoms with E-state index in [0.29, 0.717) is 10.7 Å². The molecule has 130 valence electrons. The Kier molecular flexibility index (Phi) is 5.28. The van der Waals surface area contributed by atoms with Gasteiger partial charge < -0.3 is 4.74 Å². The Hall–Kier alpha value is -2.47. The van der Waals surface area contributed by atoms with Crippen LogP contribution in [-0.4, -0.2) is 15.4 Å². The first-order chi connectivity index (χ1) is 12.1. The molecule has 25 heavy (non-hydrogen) atoms. The van der Waals surface area contributed by atoms with Crippen LogP contribution in [0.3, 0.4) is 0 Å². The lowest BCUT2D eigenvalue weighted by atomic mass is 9.86. The van der Waals surface area contributed by atoms with Crippen molar-refractivity contribution in [3.63, 3.8) is 0 Å². The summed E-state index contributed by atoms with van der Waals surface area (Å²) in [5, 5.41) is 1.80. The zero-order chi connectivity index (χ0) is 17.8. The highest BCUT2D eigenvalue weighted by Gasteiger charge is 2.27. The molecule has 0 radical (unpaired) electrons. The fourth-order valence-corrected chi connectivity index (χ4v) is 3.53. The molecule has 5 nitrogen and oxygen atoms in total. The van der Waals surface area contributed by atoms with E-state index >= 15 is 0 Å². The number of esters is 1. The summed E-state index contributed by atoms with van der Waals surface area (Å²) < 4.78 is 6.98. The largest absolute Gasteiger partial charge is 0.459 e. The quantitative estimate of drug-likeness (QED) is 0.633. The van der Waals surface area contributed by atoms with Crippen LogP contribution in [0.25, 0.3) is 4.96 Å². The van der Waals surface area contributed by atoms with Gasteiger partial charge in [-0.15, -0.1) is 11.3 Å². The van der Waals surface area contributed by atoms with Crippen molar-refractivity contribution in [1.29, 1.82) is 0 Å². The molecule has 0 fully saturated rings. The predicted molar refractivity (Wildman–Crippen MR) is 97.8 cm³/mol. The lowest BCUT2D eigenvalue weighted by Gasteiger charge is -2.21. The molecule has 0 spiro atoms. The summed E-state index contributed by atoms with van der Waals surface area (Å²) in [4.78, 5) is 29.7. The summed E-state index contributed by atoms with van der Waals surface area (Å²) in [6, 6.07) is 11.1. The second kappa shape index (κ2) is 7.61. The first kappa shape index (κ1) is 17.4. The fraction of sp³-hybridized carbons (Fsp3) is 0.316. The van der Waals surface area contributed by atoms with Gasteiger partial charge in [-0.25, -0.2) is 4.98 Å². The number of aromatic nitrogens is 2. The number of thiazole rings is 1. The maximum atomic E-state index is 12.7. The third-order valence-corrected chi connectivity index (χ3v) is 5.10. The predicted octanol–water partition coefficient (Wildman–Crippen LogP) is 3.63. The van der Waals surface area contributed by atoms with E-state index in [9.17, 15) is 9.59 Å². The summed E-state index contributed by atoms with van der Waals surface area (Å²) in [7, 11) is 0. The fourth-order valence-electron chi connectivity index (χ4n) is 2.79. The monoisotopic (exact) mass is 356 g/mol. The zero-order valence-corrected chi connectivity index (χ0v) is 15.0. The van der Waals surface area contributed by atoms with Crippen molar-refractivity contribution in [2.45, 2.75) is 32.8 Å². The molecule has 0 saturated heterocycles. The molecule has 0 amide bonds. The van der Waals surface area contributed by atoms with Gasteiger partial charge in [0, 0.05) is 17.6 Å². The summed E-state index contributed by atoms with van der Waals surface area (Å²) in [5.41, 5.74) is 1.25. The van der Waals surface area contributed by atoms with Crippen LogP contribution in [0.2, 0.25) is 0 Å². The van der Waals surface area contributed by atoms with E-state index in [0.717, 1.165) is 12.0 Å². The van der Waals surface area contributed by atoms with Crippen molar-refractivity contribution in [3.8, 4) is 0 Å². The average molecular weight is 356 g/mol. The Morgan fingerprint density at radius 3 is 2.80 bits per heavy atom. The van der Waals surface area contributed by atoms with Crippen molar-refractivity contribution in [2.75, 3.05) is 0 Å². The molecule has 0 aliphatic rings. The van der Waals surface area contributed by atoms with E-state index in [-0.39, 0.29) is 30.0 Å². The zero-order valence-electron chi connectivity index (χ0n) is 14.2. The van der Waals surface area contributed by atoms with Gasteiger partial charge in [-0.2, -0.15) is 0 Å². The molecular formula is C19H20N2O3S. The molecule has 0 bridgehead atoms. The van der Waals surface area contributed by atoms with Gasteiger partial charge in [-0.05, 0) is 11.5 Å². The molecule has 6 heteroatoms. The van der Waals surface area contributed by atoms with Crippen LogP contribution in [0, 0.1) is 5.92 Å². The van der Waals surface area contributed by atoms with E-state index in [4.69, 9.17) is 4.74 Å². The van der Waals surface area contributed by atoms with Gasteiger partial charge in [0.25, 0.3) is 5.56 Å². The number of fused-ring (bicyclic) bond motifs is 1. The number of ether oxygens (including phenoxy) is 1.